The lowest BCUT2D eigenvalue weighted by atomic mass is 9.42. The minimum atomic E-state index is -1.97. The molecule has 0 heterocycles. The number of carbonyl (C=O) groups is 3. The number of carboxylic acid groups (broad SMARTS) is 1. The molecule has 0 radical (unpaired) electrons. The van der Waals surface area contributed by atoms with Crippen molar-refractivity contribution >= 4 is 17.7 Å². The van der Waals surface area contributed by atoms with E-state index in [1.54, 1.807) is 13.0 Å². The normalized spacial score (nSPS) is 42.9. The van der Waals surface area contributed by atoms with Gasteiger partial charge in [-0.05, 0) is 80.3 Å². The molecule has 3 fully saturated rings. The molecule has 4 aliphatic rings. The minimum Gasteiger partial charge on any atom is -0.465 e. The zero-order valence-corrected chi connectivity index (χ0v) is 22.6. The van der Waals surface area contributed by atoms with Gasteiger partial charge < -0.3 is 20.6 Å². The topological polar surface area (TPSA) is 124 Å². The van der Waals surface area contributed by atoms with E-state index in [4.69, 9.17) is 5.11 Å². The number of amides is 1. The van der Waals surface area contributed by atoms with Crippen molar-refractivity contribution in [2.75, 3.05) is 13.2 Å². The maximum Gasteiger partial charge on any atom is 0.404 e. The molecule has 0 spiro atoms. The van der Waals surface area contributed by atoms with Crippen LogP contribution in [0.1, 0.15) is 73.1 Å². The molecule has 1 amide bonds. The molecule has 4 N–H and O–H groups in total. The highest BCUT2D eigenvalue weighted by Gasteiger charge is 2.75. The van der Waals surface area contributed by atoms with Crippen molar-refractivity contribution in [3.05, 3.63) is 23.8 Å². The van der Waals surface area contributed by atoms with Gasteiger partial charge in [-0.2, -0.15) is 0 Å². The zero-order chi connectivity index (χ0) is 27.6. The van der Waals surface area contributed by atoms with Crippen LogP contribution in [0.15, 0.2) is 23.8 Å². The Kier molecular flexibility index (Phi) is 6.81. The highest BCUT2D eigenvalue weighted by Crippen LogP contribution is 2.74. The number of ketones is 2. The van der Waals surface area contributed by atoms with Crippen LogP contribution < -0.4 is 5.32 Å². The number of hydrogen-bond acceptors (Lipinski definition) is 5. The first-order chi connectivity index (χ1) is 17.1. The Hall–Kier alpha value is -2.06. The van der Waals surface area contributed by atoms with Crippen LogP contribution in [0.3, 0.4) is 0 Å². The molecule has 37 heavy (non-hydrogen) atoms. The molecule has 0 bridgehead atoms. The average Bonchev–Trinajstić information content (AvgIpc) is 3.01. The third-order valence-corrected chi connectivity index (χ3v) is 11.0. The van der Waals surface area contributed by atoms with Gasteiger partial charge >= 0.3 is 6.09 Å². The second-order valence-electron chi connectivity index (χ2n) is 13.3. The van der Waals surface area contributed by atoms with Crippen LogP contribution in [0.4, 0.5) is 9.18 Å². The number of rotatable bonds is 7. The molecular formula is C29H42FNO6. The molecule has 4 rings (SSSR count). The Morgan fingerprint density at radius 2 is 1.92 bits per heavy atom. The summed E-state index contributed by atoms with van der Waals surface area (Å²) in [5.41, 5.74) is -4.54. The van der Waals surface area contributed by atoms with E-state index in [9.17, 15) is 24.6 Å². The Morgan fingerprint density at radius 3 is 2.54 bits per heavy atom. The van der Waals surface area contributed by atoms with E-state index in [2.05, 4.69) is 5.32 Å². The van der Waals surface area contributed by atoms with E-state index in [0.717, 1.165) is 5.57 Å². The Morgan fingerprint density at radius 1 is 1.24 bits per heavy atom. The van der Waals surface area contributed by atoms with E-state index < -0.39 is 52.1 Å². The second kappa shape index (κ2) is 9.01. The maximum absolute atomic E-state index is 17.5. The molecule has 0 aromatic rings. The Labute approximate surface area is 218 Å². The summed E-state index contributed by atoms with van der Waals surface area (Å²) < 4.78 is 17.5. The van der Waals surface area contributed by atoms with E-state index in [0.29, 0.717) is 32.1 Å². The third kappa shape index (κ3) is 3.84. The van der Waals surface area contributed by atoms with Gasteiger partial charge in [-0.1, -0.05) is 39.3 Å². The van der Waals surface area contributed by atoms with Gasteiger partial charge in [-0.3, -0.25) is 9.59 Å². The number of fused-ring (bicyclic) bond motifs is 5. The molecule has 0 aromatic heterocycles. The fourth-order valence-corrected chi connectivity index (χ4v) is 9.21. The minimum absolute atomic E-state index is 0.0782. The van der Waals surface area contributed by atoms with E-state index in [1.165, 1.54) is 12.2 Å². The number of hydrogen-bond donors (Lipinski definition) is 4. The number of aliphatic hydroxyl groups excluding tert-OH is 2. The molecule has 3 saturated carbocycles. The fraction of sp³-hybridized carbons (Fsp3) is 0.759. The first-order valence-electron chi connectivity index (χ1n) is 13.5. The predicted molar refractivity (Wildman–Crippen MR) is 136 cm³/mol. The van der Waals surface area contributed by atoms with E-state index in [1.807, 2.05) is 27.7 Å². The van der Waals surface area contributed by atoms with Crippen LogP contribution in [0.2, 0.25) is 0 Å². The van der Waals surface area contributed by atoms with Crippen molar-refractivity contribution in [3.8, 4) is 0 Å². The summed E-state index contributed by atoms with van der Waals surface area (Å²) in [6.07, 6.45) is 4.72. The summed E-state index contributed by atoms with van der Waals surface area (Å²) in [6.45, 7) is 9.37. The molecule has 4 aliphatic carbocycles. The summed E-state index contributed by atoms with van der Waals surface area (Å²) in [7, 11) is 0. The smallest absolute Gasteiger partial charge is 0.404 e. The van der Waals surface area contributed by atoms with Crippen LogP contribution in [-0.4, -0.2) is 57.9 Å². The van der Waals surface area contributed by atoms with Crippen molar-refractivity contribution < 1.29 is 34.1 Å². The summed E-state index contributed by atoms with van der Waals surface area (Å²) >= 11 is 0. The molecule has 0 saturated heterocycles. The highest BCUT2D eigenvalue weighted by atomic mass is 19.1. The van der Waals surface area contributed by atoms with Gasteiger partial charge in [0.15, 0.2) is 17.2 Å². The van der Waals surface area contributed by atoms with Gasteiger partial charge in [0.2, 0.25) is 0 Å². The van der Waals surface area contributed by atoms with Crippen molar-refractivity contribution in [1.82, 2.24) is 5.32 Å². The molecular weight excluding hydrogens is 477 g/mol. The molecule has 206 valence electrons. The van der Waals surface area contributed by atoms with Crippen molar-refractivity contribution in [1.29, 1.82) is 0 Å². The molecule has 8 atom stereocenters. The van der Waals surface area contributed by atoms with Crippen LogP contribution >= 0.6 is 0 Å². The number of aliphatic hydroxyl groups is 2. The predicted octanol–water partition coefficient (Wildman–Crippen LogP) is 4.23. The van der Waals surface area contributed by atoms with Crippen molar-refractivity contribution in [2.24, 2.45) is 39.4 Å². The largest absolute Gasteiger partial charge is 0.465 e. The molecule has 0 aliphatic heterocycles. The molecule has 3 unspecified atom stereocenters. The maximum atomic E-state index is 17.5. The van der Waals surface area contributed by atoms with Gasteiger partial charge in [-0.25, -0.2) is 9.18 Å². The van der Waals surface area contributed by atoms with Gasteiger partial charge in [0.1, 0.15) is 6.61 Å². The standard InChI is InChI=1S/C29H42FNO6/c1-17-12-21-20-7-6-18-13-19(33)8-9-26(18,4)29(20,30)22(34)14-27(21,5)28(17,23(35)15-32)16-25(2,3)10-11-31-24(36)37/h8-9,13,17,20-22,31-32,34H,6-7,10-12,14-16H2,1-5H3,(H,36,37)/t17-,20?,21?,22-,26-,27-,28-,29?/m0/s1. The summed E-state index contributed by atoms with van der Waals surface area (Å²) in [4.78, 5) is 36.8. The van der Waals surface area contributed by atoms with Gasteiger partial charge in [-0.15, -0.1) is 0 Å². The summed E-state index contributed by atoms with van der Waals surface area (Å²) in [5.74, 6) is -1.30. The molecule has 7 nitrogen and oxygen atoms in total. The van der Waals surface area contributed by atoms with Crippen LogP contribution in [0, 0.1) is 39.4 Å². The highest BCUT2D eigenvalue weighted by molar-refractivity contribution is 6.01. The number of allylic oxidation sites excluding steroid dienone is 4. The number of carbonyl (C=O) groups excluding carboxylic acids is 2. The number of alkyl halides is 1. The quantitative estimate of drug-likeness (QED) is 0.399. The lowest BCUT2D eigenvalue weighted by molar-refractivity contribution is -0.210. The summed E-state index contributed by atoms with van der Waals surface area (Å²) in [5, 5.41) is 33.2. The average molecular weight is 520 g/mol. The van der Waals surface area contributed by atoms with Crippen LogP contribution in [0.25, 0.3) is 0 Å². The number of Topliss-reactive ketones (excluding diaryl/α,β-unsaturated/α-hetero) is 1. The number of nitrogens with one attached hydrogen (secondary N) is 1. The lowest BCUT2D eigenvalue weighted by Crippen LogP contribution is -2.68. The lowest BCUT2D eigenvalue weighted by Gasteiger charge is -2.63. The van der Waals surface area contributed by atoms with Crippen LogP contribution in [0.5, 0.6) is 0 Å². The molecule has 0 aromatic carbocycles. The first kappa shape index (κ1) is 28.0. The van der Waals surface area contributed by atoms with E-state index in [-0.39, 0.29) is 36.4 Å². The van der Waals surface area contributed by atoms with Gasteiger partial charge in [0.25, 0.3) is 0 Å². The number of halogens is 1. The van der Waals surface area contributed by atoms with Crippen molar-refractivity contribution in [3.63, 3.8) is 0 Å². The molecule has 8 heteroatoms. The van der Waals surface area contributed by atoms with E-state index >= 15 is 4.39 Å². The third-order valence-electron chi connectivity index (χ3n) is 11.0. The Balaban J connectivity index is 1.77. The Bertz CT molecular complexity index is 1050. The van der Waals surface area contributed by atoms with Gasteiger partial charge in [0, 0.05) is 23.3 Å². The SMILES string of the molecule is C[C@H]1CC2C3CCC4=CC(=O)C=C[C@]4(C)C3(F)[C@@H](O)C[C@]2(C)[C@]1(CC(C)(C)CCNC(=O)O)C(=O)CO. The van der Waals surface area contributed by atoms with Crippen LogP contribution in [-0.2, 0) is 9.59 Å². The van der Waals surface area contributed by atoms with Crippen molar-refractivity contribution in [2.45, 2.75) is 84.9 Å². The summed E-state index contributed by atoms with van der Waals surface area (Å²) in [6, 6.07) is 0. The zero-order valence-electron chi connectivity index (χ0n) is 22.6. The second-order valence-corrected chi connectivity index (χ2v) is 13.3. The monoisotopic (exact) mass is 519 g/mol. The fourth-order valence-electron chi connectivity index (χ4n) is 9.21. The first-order valence-corrected chi connectivity index (χ1v) is 13.5. The van der Waals surface area contributed by atoms with Gasteiger partial charge in [0.05, 0.1) is 6.10 Å².